The topological polar surface area (TPSA) is 321 Å². The molecule has 0 saturated heterocycles. The Balaban J connectivity index is 0.000000199. The van der Waals surface area contributed by atoms with Crippen LogP contribution in [0, 0.1) is 101 Å². The number of likely N-dealkylation sites (N-methyl/N-ethyl adjacent to an activating group) is 4. The average Bonchev–Trinajstić information content (AvgIpc) is 1.62. The molecule has 13 rings (SSSR count). The summed E-state index contributed by atoms with van der Waals surface area (Å²) >= 11 is 0. The Labute approximate surface area is 858 Å². The lowest BCUT2D eigenvalue weighted by atomic mass is 10.0. The first-order valence-electron chi connectivity index (χ1n) is 50.9. The molecule has 1 aliphatic carbocycles. The van der Waals surface area contributed by atoms with E-state index < -0.39 is 24.4 Å². The maximum atomic E-state index is 12.6. The highest BCUT2D eigenvalue weighted by molar-refractivity contribution is 6.00. The third kappa shape index (κ3) is 35.5. The number of terminal acetylenes is 1. The van der Waals surface area contributed by atoms with Crippen molar-refractivity contribution in [2.75, 3.05) is 121 Å². The van der Waals surface area contributed by atoms with E-state index in [1.807, 2.05) is 121 Å². The molecule has 1 fully saturated rings. The summed E-state index contributed by atoms with van der Waals surface area (Å²) in [6.07, 6.45) is 19.0. The van der Waals surface area contributed by atoms with Gasteiger partial charge in [-0.05, 0) is 207 Å². The molecule has 0 amide bonds. The summed E-state index contributed by atoms with van der Waals surface area (Å²) in [5.41, 5.74) is 36.5. The van der Waals surface area contributed by atoms with E-state index in [2.05, 4.69) is 209 Å². The minimum atomic E-state index is -0.507. The van der Waals surface area contributed by atoms with Crippen molar-refractivity contribution in [2.24, 2.45) is 5.92 Å². The number of aromatic nitrogens is 4. The summed E-state index contributed by atoms with van der Waals surface area (Å²) in [6, 6.07) is 52.6. The minimum Gasteiger partial charge on any atom is -0.392 e. The molecule has 8 aromatic carbocycles. The van der Waals surface area contributed by atoms with Crippen LogP contribution in [-0.4, -0.2) is 211 Å². The molecular formula is C124H139N13O8. The molecule has 0 bridgehead atoms. The van der Waals surface area contributed by atoms with Crippen LogP contribution in [0.5, 0.6) is 0 Å². The van der Waals surface area contributed by atoms with E-state index in [0.717, 1.165) is 179 Å². The van der Waals surface area contributed by atoms with E-state index >= 15 is 0 Å². The second kappa shape index (κ2) is 58.8. The lowest BCUT2D eigenvalue weighted by molar-refractivity contribution is 0.0874. The maximum Gasteiger partial charge on any atom is 0.162 e. The van der Waals surface area contributed by atoms with Crippen molar-refractivity contribution in [1.29, 1.82) is 0 Å². The van der Waals surface area contributed by atoms with E-state index in [1.165, 1.54) is 12.8 Å². The fourth-order valence-electron chi connectivity index (χ4n) is 16.0. The van der Waals surface area contributed by atoms with Gasteiger partial charge in [0, 0.05) is 199 Å². The van der Waals surface area contributed by atoms with Gasteiger partial charge < -0.3 is 63.0 Å². The van der Waals surface area contributed by atoms with Crippen molar-refractivity contribution in [3.05, 3.63) is 284 Å². The molecule has 748 valence electrons. The van der Waals surface area contributed by atoms with Gasteiger partial charge in [0.15, 0.2) is 23.1 Å². The number of aliphatic hydroxyl groups is 4. The van der Waals surface area contributed by atoms with Gasteiger partial charge in [0.2, 0.25) is 0 Å². The van der Waals surface area contributed by atoms with Crippen molar-refractivity contribution < 1.29 is 39.6 Å². The Morgan fingerprint density at radius 3 is 0.828 bits per heavy atom. The summed E-state index contributed by atoms with van der Waals surface area (Å²) < 4.78 is 0. The number of fused-ring (bicyclic) bond motifs is 4. The fraction of sp³-hybridized carbons (Fsp3) is 0.355. The van der Waals surface area contributed by atoms with Gasteiger partial charge in [0.25, 0.3) is 0 Å². The Kier molecular flexibility index (Phi) is 45.6. The van der Waals surface area contributed by atoms with Gasteiger partial charge in [-0.1, -0.05) is 244 Å². The standard InChI is InChI=1S/C33H40N4O2.C32H37N3O2.C31H33N3O2.C28H29N3O2/c1-5-36(6-2)21-9-10-26-13-17-28-23-35-33(34)30(31(28)22-26)19-14-25-11-15-27(16-12-25)32(39)20-18-29(38)24-37(7-3)8-4;1-4-7-8-9-10-25-13-17-27-22-34-32(33)29(30(27)21-25)19-14-24-11-15-26(16-12-24)31(37)20-18-28(36)23-35(5-2)6-3;1-3-34(4-2)21-27(35)16-18-30(36)25-13-9-23(10-14-25)12-17-28-29-19-24(8-7-22-5-6-22)11-15-26(29)20-33-31(28)32;1-4-20-7-13-23-18-30-28(29)25(26(23)17-20)15-10-21-8-11-22(12-9-21)27(33)16-14-24(32)19-31(5-2)6-3/h11-13,15-17,22-23,29,38H,5-8,18,20-21,24H2,1-4H3,(H2,34,35);11-13,15-17,21-22,28,36H,4-8,18,20,23H2,1-3H3,(H2,33,34);9-11,13-15,19-20,22,27,35H,3-6,16,18,21H2,1-2H3,(H2,32,33);1,7-9,11-13,17-18,24,32H,5-6,14,16,19H2,2-3H3,(H2,29,30). The molecule has 4 atom stereocenters. The first-order chi connectivity index (χ1) is 70.2. The van der Waals surface area contributed by atoms with Crippen LogP contribution in [-0.2, 0) is 0 Å². The summed E-state index contributed by atoms with van der Waals surface area (Å²) in [7, 11) is 0. The predicted molar refractivity (Wildman–Crippen MR) is 592 cm³/mol. The van der Waals surface area contributed by atoms with E-state index in [4.69, 9.17) is 29.4 Å². The molecule has 21 nitrogen and oxygen atoms in total. The van der Waals surface area contributed by atoms with Crippen molar-refractivity contribution in [3.8, 4) is 95.2 Å². The Hall–Kier alpha value is -14.6. The molecule has 12 aromatic rings. The number of hydrogen-bond acceptors (Lipinski definition) is 21. The van der Waals surface area contributed by atoms with Crippen LogP contribution in [0.3, 0.4) is 0 Å². The second-order valence-electron chi connectivity index (χ2n) is 35.9. The fourth-order valence-corrected chi connectivity index (χ4v) is 16.0. The number of aliphatic hydroxyl groups excluding tert-OH is 4. The lowest BCUT2D eigenvalue weighted by Gasteiger charge is -2.21. The summed E-state index contributed by atoms with van der Waals surface area (Å²) in [6.45, 7) is 35.1. The number of carbonyl (C=O) groups excluding carboxylic acids is 4. The van der Waals surface area contributed by atoms with E-state index in [1.54, 1.807) is 73.3 Å². The number of ketones is 4. The third-order valence-electron chi connectivity index (χ3n) is 25.6. The largest absolute Gasteiger partial charge is 0.392 e. The van der Waals surface area contributed by atoms with E-state index in [0.29, 0.717) is 151 Å². The normalized spacial score (nSPS) is 12.1. The smallest absolute Gasteiger partial charge is 0.162 e. The number of carbonyl (C=O) groups is 4. The Morgan fingerprint density at radius 1 is 0.324 bits per heavy atom. The molecule has 0 radical (unpaired) electrons. The molecule has 12 N–H and O–H groups in total. The number of benzene rings is 8. The summed E-state index contributed by atoms with van der Waals surface area (Å²) in [5, 5.41) is 48.4. The van der Waals surface area contributed by atoms with E-state index in [-0.39, 0.29) is 23.1 Å². The number of rotatable bonds is 37. The van der Waals surface area contributed by atoms with Crippen molar-refractivity contribution in [2.45, 2.75) is 184 Å². The van der Waals surface area contributed by atoms with E-state index in [9.17, 15) is 39.6 Å². The molecular weight excluding hydrogens is 1800 g/mol. The average molecular weight is 1940 g/mol. The number of Topliss-reactive ketones (excluding diaryl/α,β-unsaturated/α-hetero) is 4. The number of pyridine rings is 4. The molecule has 21 heteroatoms. The molecule has 4 heterocycles. The Bertz CT molecular complexity index is 6930. The van der Waals surface area contributed by atoms with Crippen LogP contribution in [0.1, 0.15) is 268 Å². The molecule has 1 aliphatic rings. The second-order valence-corrected chi connectivity index (χ2v) is 35.9. The van der Waals surface area contributed by atoms with Gasteiger partial charge in [0.05, 0.1) is 53.2 Å². The zero-order chi connectivity index (χ0) is 104. The Morgan fingerprint density at radius 2 is 0.572 bits per heavy atom. The molecule has 1 saturated carbocycles. The highest BCUT2D eigenvalue weighted by Gasteiger charge is 2.22. The van der Waals surface area contributed by atoms with Gasteiger partial charge in [-0.2, -0.15) is 0 Å². The number of anilines is 4. The molecule has 4 aromatic heterocycles. The third-order valence-corrected chi connectivity index (χ3v) is 25.6. The van der Waals surface area contributed by atoms with Gasteiger partial charge in [0.1, 0.15) is 23.3 Å². The van der Waals surface area contributed by atoms with Crippen LogP contribution < -0.4 is 22.9 Å². The van der Waals surface area contributed by atoms with Crippen LogP contribution >= 0.6 is 0 Å². The molecule has 145 heavy (non-hydrogen) atoms. The number of unbranched alkanes of at least 4 members (excludes halogenated alkanes) is 2. The van der Waals surface area contributed by atoms with Gasteiger partial charge >= 0.3 is 0 Å². The first kappa shape index (κ1) is 112. The SMILES string of the molecule is C#Cc1ccc2cnc(N)c(C#Cc3ccc(C(=O)CCC(O)CN(CC)CC)cc3)c2c1.CCCCC#Cc1ccc2cnc(N)c(C#Cc3ccc(C(=O)CCC(O)CN(CC)CC)cc3)c2c1.CCN(CC)CC#Cc1ccc2cnc(N)c(C#Cc3ccc(C(=O)CCC(O)CN(CC)CC)cc3)c2c1.CCN(CC)CC(O)CCC(=O)c1ccc(C#Cc2c(N)ncc3ccc(C#CC4CC4)cc23)cc1. The summed E-state index contributed by atoms with van der Waals surface area (Å²) in [4.78, 5) is 78.4. The quantitative estimate of drug-likeness (QED) is 0.0102. The molecule has 0 aliphatic heterocycles. The first-order valence-corrected chi connectivity index (χ1v) is 50.9. The van der Waals surface area contributed by atoms with Crippen LogP contribution in [0.25, 0.3) is 43.1 Å². The zero-order valence-corrected chi connectivity index (χ0v) is 86.0. The van der Waals surface area contributed by atoms with Crippen LogP contribution in [0.4, 0.5) is 23.3 Å². The van der Waals surface area contributed by atoms with Gasteiger partial charge in [-0.15, -0.1) is 6.42 Å². The highest BCUT2D eigenvalue weighted by Crippen LogP contribution is 2.31. The van der Waals surface area contributed by atoms with Crippen molar-refractivity contribution in [3.63, 3.8) is 0 Å². The van der Waals surface area contributed by atoms with Gasteiger partial charge in [-0.3, -0.25) is 24.1 Å². The number of nitrogens with zero attached hydrogens (tertiary/aromatic N) is 9. The highest BCUT2D eigenvalue weighted by atomic mass is 16.3. The van der Waals surface area contributed by atoms with Crippen LogP contribution in [0.2, 0.25) is 0 Å². The maximum absolute atomic E-state index is 12.6. The molecule has 4 unspecified atom stereocenters. The number of hydrogen-bond donors (Lipinski definition) is 8. The predicted octanol–water partition coefficient (Wildman–Crippen LogP) is 18.5. The van der Waals surface area contributed by atoms with Crippen molar-refractivity contribution >= 4 is 89.5 Å². The summed E-state index contributed by atoms with van der Waals surface area (Å²) in [5.74, 6) is 49.5. The number of nitrogens with two attached hydrogens (primary N) is 4. The number of nitrogen functional groups attached to an aromatic ring is 4. The van der Waals surface area contributed by atoms with Crippen molar-refractivity contribution in [1.82, 2.24) is 44.4 Å². The lowest BCUT2D eigenvalue weighted by Crippen LogP contribution is -2.32. The minimum absolute atomic E-state index is 0.0115. The zero-order valence-electron chi connectivity index (χ0n) is 86.0. The molecule has 0 spiro atoms. The monoisotopic (exact) mass is 1940 g/mol. The van der Waals surface area contributed by atoms with Crippen LogP contribution in [0.15, 0.2) is 195 Å². The van der Waals surface area contributed by atoms with Gasteiger partial charge in [-0.25, -0.2) is 19.9 Å².